The number of carbonyl (C=O) groups excluding carboxylic acids is 3. The average Bonchev–Trinajstić information content (AvgIpc) is 2.84. The molecule has 0 bridgehead atoms. The standard InChI is InChI=1S/C29H40N2O7/c1-16(2)24(22-11-10-18(5)14-19(22)6)21(8)38-29(34)20(7)31-27(32)25-26(23(35-9)12-13-30-25)36-15-37-28(33)17(3)4/h10-14,16-17,20-21,24H,15H2,1-9H3,(H,31,32)/t20-,21-,24+/m0/s1. The summed E-state index contributed by atoms with van der Waals surface area (Å²) in [6.45, 7) is 14.6. The molecule has 1 aromatic carbocycles. The molecule has 1 N–H and O–H groups in total. The van der Waals surface area contributed by atoms with Gasteiger partial charge < -0.3 is 24.3 Å². The van der Waals surface area contributed by atoms with Crippen molar-refractivity contribution in [2.75, 3.05) is 13.9 Å². The van der Waals surface area contributed by atoms with Crippen LogP contribution in [-0.4, -0.2) is 48.9 Å². The van der Waals surface area contributed by atoms with Gasteiger partial charge in [0.25, 0.3) is 5.91 Å². The summed E-state index contributed by atoms with van der Waals surface area (Å²) in [6.07, 6.45) is 0.955. The largest absolute Gasteiger partial charge is 0.493 e. The Balaban J connectivity index is 2.13. The van der Waals surface area contributed by atoms with Crippen LogP contribution in [0.4, 0.5) is 0 Å². The van der Waals surface area contributed by atoms with Gasteiger partial charge in [-0.25, -0.2) is 9.78 Å². The van der Waals surface area contributed by atoms with Gasteiger partial charge in [-0.15, -0.1) is 0 Å². The van der Waals surface area contributed by atoms with E-state index in [-0.39, 0.29) is 34.9 Å². The Kier molecular flexibility index (Phi) is 11.1. The summed E-state index contributed by atoms with van der Waals surface area (Å²) in [5, 5.41) is 2.62. The van der Waals surface area contributed by atoms with Crippen molar-refractivity contribution in [2.24, 2.45) is 11.8 Å². The quantitative estimate of drug-likeness (QED) is 0.311. The molecular weight excluding hydrogens is 488 g/mol. The molecule has 0 aliphatic rings. The maximum atomic E-state index is 13.1. The zero-order valence-electron chi connectivity index (χ0n) is 23.8. The lowest BCUT2D eigenvalue weighted by Gasteiger charge is -2.30. The normalized spacial score (nSPS) is 13.4. The van der Waals surface area contributed by atoms with Gasteiger partial charge in [-0.1, -0.05) is 51.5 Å². The molecule has 0 spiro atoms. The summed E-state index contributed by atoms with van der Waals surface area (Å²) in [4.78, 5) is 41.9. The van der Waals surface area contributed by atoms with Gasteiger partial charge in [-0.3, -0.25) is 9.59 Å². The monoisotopic (exact) mass is 528 g/mol. The fraction of sp³-hybridized carbons (Fsp3) is 0.517. The number of hydrogen-bond acceptors (Lipinski definition) is 8. The minimum Gasteiger partial charge on any atom is -0.493 e. The van der Waals surface area contributed by atoms with Gasteiger partial charge in [0, 0.05) is 18.2 Å². The van der Waals surface area contributed by atoms with Crippen molar-refractivity contribution in [1.82, 2.24) is 10.3 Å². The number of nitrogens with zero attached hydrogens (tertiary/aromatic N) is 1. The molecule has 0 unspecified atom stereocenters. The highest BCUT2D eigenvalue weighted by Crippen LogP contribution is 2.33. The van der Waals surface area contributed by atoms with Crippen molar-refractivity contribution in [3.8, 4) is 11.5 Å². The lowest BCUT2D eigenvalue weighted by Crippen LogP contribution is -2.42. The number of esters is 2. The summed E-state index contributed by atoms with van der Waals surface area (Å²) in [5.41, 5.74) is 3.32. The molecule has 1 amide bonds. The van der Waals surface area contributed by atoms with Gasteiger partial charge >= 0.3 is 11.9 Å². The first-order valence-electron chi connectivity index (χ1n) is 12.8. The molecule has 0 aliphatic carbocycles. The maximum absolute atomic E-state index is 13.1. The molecule has 1 aromatic heterocycles. The van der Waals surface area contributed by atoms with Crippen molar-refractivity contribution < 1.29 is 33.3 Å². The van der Waals surface area contributed by atoms with Crippen LogP contribution in [0.15, 0.2) is 30.5 Å². The highest BCUT2D eigenvalue weighted by Gasteiger charge is 2.30. The van der Waals surface area contributed by atoms with Crippen LogP contribution in [0.1, 0.15) is 74.6 Å². The van der Waals surface area contributed by atoms with E-state index in [1.54, 1.807) is 20.8 Å². The molecule has 0 saturated carbocycles. The lowest BCUT2D eigenvalue weighted by atomic mass is 9.82. The second-order valence-electron chi connectivity index (χ2n) is 10.0. The Hall–Kier alpha value is -3.62. The number of hydrogen-bond donors (Lipinski definition) is 1. The van der Waals surface area contributed by atoms with Crippen molar-refractivity contribution in [1.29, 1.82) is 0 Å². The summed E-state index contributed by atoms with van der Waals surface area (Å²) in [5.74, 6) is -1.61. The molecule has 0 fully saturated rings. The summed E-state index contributed by atoms with van der Waals surface area (Å²) < 4.78 is 21.7. The number of pyridine rings is 1. The molecule has 0 aliphatic heterocycles. The fourth-order valence-corrected chi connectivity index (χ4v) is 4.24. The van der Waals surface area contributed by atoms with Crippen LogP contribution >= 0.6 is 0 Å². The Bertz CT molecular complexity index is 1130. The third-order valence-electron chi connectivity index (χ3n) is 6.19. The van der Waals surface area contributed by atoms with E-state index in [1.165, 1.54) is 24.9 Å². The van der Waals surface area contributed by atoms with E-state index in [0.29, 0.717) is 0 Å². The lowest BCUT2D eigenvalue weighted by molar-refractivity contribution is -0.154. The summed E-state index contributed by atoms with van der Waals surface area (Å²) >= 11 is 0. The fourth-order valence-electron chi connectivity index (χ4n) is 4.24. The molecule has 208 valence electrons. The van der Waals surface area contributed by atoms with E-state index < -0.39 is 36.8 Å². The smallest absolute Gasteiger partial charge is 0.328 e. The Morgan fingerprint density at radius 2 is 1.66 bits per heavy atom. The van der Waals surface area contributed by atoms with Gasteiger partial charge in [0.15, 0.2) is 17.2 Å². The molecule has 2 rings (SSSR count). The minimum atomic E-state index is -0.962. The minimum absolute atomic E-state index is 0.00675. The number of aromatic nitrogens is 1. The van der Waals surface area contributed by atoms with Gasteiger partial charge in [0.2, 0.25) is 6.79 Å². The second-order valence-corrected chi connectivity index (χ2v) is 10.0. The van der Waals surface area contributed by atoms with E-state index in [9.17, 15) is 14.4 Å². The number of aryl methyl sites for hydroxylation is 2. The maximum Gasteiger partial charge on any atom is 0.328 e. The zero-order valence-corrected chi connectivity index (χ0v) is 23.8. The first kappa shape index (κ1) is 30.6. The Morgan fingerprint density at radius 1 is 0.974 bits per heavy atom. The van der Waals surface area contributed by atoms with Crippen LogP contribution < -0.4 is 14.8 Å². The number of ether oxygens (including phenoxy) is 4. The van der Waals surface area contributed by atoms with E-state index in [1.807, 2.05) is 13.8 Å². The average molecular weight is 529 g/mol. The van der Waals surface area contributed by atoms with Gasteiger partial charge in [-0.2, -0.15) is 0 Å². The van der Waals surface area contributed by atoms with Crippen molar-refractivity contribution >= 4 is 17.8 Å². The SMILES string of the molecule is COc1ccnc(C(=O)N[C@@H](C)C(=O)O[C@@H](C)[C@H](c2ccc(C)cc2C)C(C)C)c1OCOC(=O)C(C)C. The summed E-state index contributed by atoms with van der Waals surface area (Å²) in [7, 11) is 1.41. The third-order valence-corrected chi connectivity index (χ3v) is 6.19. The molecule has 2 aromatic rings. The number of amides is 1. The number of nitrogens with one attached hydrogen (secondary N) is 1. The first-order valence-corrected chi connectivity index (χ1v) is 12.8. The summed E-state index contributed by atoms with van der Waals surface area (Å²) in [6, 6.07) is 6.80. The molecule has 0 radical (unpaired) electrons. The zero-order chi connectivity index (χ0) is 28.6. The molecular formula is C29H40N2O7. The highest BCUT2D eigenvalue weighted by atomic mass is 16.7. The van der Waals surface area contributed by atoms with Crippen molar-refractivity contribution in [3.63, 3.8) is 0 Å². The third kappa shape index (κ3) is 7.94. The van der Waals surface area contributed by atoms with Crippen molar-refractivity contribution in [2.45, 2.75) is 73.5 Å². The predicted molar refractivity (Wildman–Crippen MR) is 143 cm³/mol. The van der Waals surface area contributed by atoms with E-state index in [0.717, 1.165) is 11.1 Å². The number of methoxy groups -OCH3 is 1. The van der Waals surface area contributed by atoms with Crippen LogP contribution in [0.3, 0.4) is 0 Å². The number of benzene rings is 1. The van der Waals surface area contributed by atoms with Gasteiger partial charge in [-0.05, 0) is 44.7 Å². The predicted octanol–water partition coefficient (Wildman–Crippen LogP) is 4.73. The highest BCUT2D eigenvalue weighted by molar-refractivity contribution is 5.98. The van der Waals surface area contributed by atoms with E-state index in [2.05, 4.69) is 49.3 Å². The number of rotatable bonds is 12. The van der Waals surface area contributed by atoms with Crippen LogP contribution in [0, 0.1) is 25.7 Å². The first-order chi connectivity index (χ1) is 17.9. The topological polar surface area (TPSA) is 113 Å². The van der Waals surface area contributed by atoms with Crippen LogP contribution in [0.25, 0.3) is 0 Å². The van der Waals surface area contributed by atoms with Crippen molar-refractivity contribution in [3.05, 3.63) is 52.8 Å². The molecule has 3 atom stereocenters. The molecule has 9 heteroatoms. The molecule has 38 heavy (non-hydrogen) atoms. The Labute approximate surface area is 225 Å². The van der Waals surface area contributed by atoms with Crippen LogP contribution in [-0.2, 0) is 19.1 Å². The van der Waals surface area contributed by atoms with Crippen LogP contribution in [0.2, 0.25) is 0 Å². The Morgan fingerprint density at radius 3 is 2.24 bits per heavy atom. The van der Waals surface area contributed by atoms with Crippen LogP contribution in [0.5, 0.6) is 11.5 Å². The van der Waals surface area contributed by atoms with E-state index >= 15 is 0 Å². The van der Waals surface area contributed by atoms with Gasteiger partial charge in [0.1, 0.15) is 12.1 Å². The molecule has 9 nitrogen and oxygen atoms in total. The van der Waals surface area contributed by atoms with E-state index in [4.69, 9.17) is 18.9 Å². The molecule has 0 saturated heterocycles. The second kappa shape index (κ2) is 13.8. The number of carbonyl (C=O) groups is 3. The molecule has 1 heterocycles. The van der Waals surface area contributed by atoms with Gasteiger partial charge in [0.05, 0.1) is 13.0 Å².